The lowest BCUT2D eigenvalue weighted by Crippen LogP contribution is -2.27. The fraction of sp³-hybridized carbons (Fsp3) is 0.409. The molecule has 0 saturated heterocycles. The van der Waals surface area contributed by atoms with Gasteiger partial charge in [-0.3, -0.25) is 4.79 Å². The number of rotatable bonds is 10. The highest BCUT2D eigenvalue weighted by Crippen LogP contribution is 2.24. The summed E-state index contributed by atoms with van der Waals surface area (Å²) in [6.07, 6.45) is 1.76. The first-order valence-corrected chi connectivity index (χ1v) is 11.5. The summed E-state index contributed by atoms with van der Waals surface area (Å²) in [6.45, 7) is 7.99. The number of esters is 1. The number of carbonyl (C=O) groups excluding carboxylic acids is 2. The summed E-state index contributed by atoms with van der Waals surface area (Å²) in [5.41, 5.74) is 1.60. The van der Waals surface area contributed by atoms with E-state index in [0.29, 0.717) is 35.3 Å². The molecule has 1 aromatic carbocycles. The number of fused-ring (bicyclic) bond motifs is 1. The van der Waals surface area contributed by atoms with Crippen molar-refractivity contribution < 1.29 is 14.3 Å². The van der Waals surface area contributed by atoms with Gasteiger partial charge < -0.3 is 15.4 Å². The van der Waals surface area contributed by atoms with Crippen LogP contribution in [0.15, 0.2) is 35.6 Å². The zero-order valence-electron chi connectivity index (χ0n) is 18.7. The highest BCUT2D eigenvalue weighted by atomic mass is 32.2. The van der Waals surface area contributed by atoms with Gasteiger partial charge in [0.1, 0.15) is 5.82 Å². The van der Waals surface area contributed by atoms with E-state index in [-0.39, 0.29) is 5.91 Å². The van der Waals surface area contributed by atoms with Crippen LogP contribution in [-0.2, 0) is 11.3 Å². The maximum atomic E-state index is 12.4. The predicted octanol–water partition coefficient (Wildman–Crippen LogP) is 3.22. The van der Waals surface area contributed by atoms with E-state index in [2.05, 4.69) is 51.2 Å². The first-order chi connectivity index (χ1) is 15.4. The Bertz CT molecular complexity index is 1080. The third kappa shape index (κ3) is 5.76. The number of carbonyl (C=O) groups is 2. The average molecular weight is 457 g/mol. The molecule has 10 heteroatoms. The Balaban J connectivity index is 1.69. The van der Waals surface area contributed by atoms with E-state index in [9.17, 15) is 9.59 Å². The fourth-order valence-corrected chi connectivity index (χ4v) is 3.55. The van der Waals surface area contributed by atoms with E-state index in [4.69, 9.17) is 0 Å². The molecular weight excluding hydrogens is 428 g/mol. The van der Waals surface area contributed by atoms with Crippen LogP contribution in [0.3, 0.4) is 0 Å². The normalized spacial score (nSPS) is 11.0. The zero-order valence-corrected chi connectivity index (χ0v) is 19.5. The maximum Gasteiger partial charge on any atom is 0.337 e. The molecule has 0 aliphatic carbocycles. The molecule has 0 unspecified atom stereocenters. The lowest BCUT2D eigenvalue weighted by Gasteiger charge is -2.11. The number of amides is 1. The van der Waals surface area contributed by atoms with Crippen LogP contribution in [0.5, 0.6) is 0 Å². The molecule has 2 aromatic heterocycles. The van der Waals surface area contributed by atoms with E-state index < -0.39 is 5.97 Å². The quantitative estimate of drug-likeness (QED) is 0.272. The number of nitrogens with zero attached hydrogens (tertiary/aromatic N) is 4. The first-order valence-electron chi connectivity index (χ1n) is 10.5. The molecular formula is C22H28N6O3S. The molecule has 170 valence electrons. The maximum absolute atomic E-state index is 12.4. The van der Waals surface area contributed by atoms with Gasteiger partial charge in [0.05, 0.1) is 30.8 Å². The molecule has 0 aliphatic rings. The summed E-state index contributed by atoms with van der Waals surface area (Å²) >= 11 is 1.58. The Morgan fingerprint density at radius 1 is 1.16 bits per heavy atom. The van der Waals surface area contributed by atoms with Crippen LogP contribution in [0.4, 0.5) is 5.82 Å². The number of aromatic nitrogens is 4. The van der Waals surface area contributed by atoms with Gasteiger partial charge in [-0.2, -0.15) is 5.10 Å². The second-order valence-electron chi connectivity index (χ2n) is 7.49. The summed E-state index contributed by atoms with van der Waals surface area (Å²) in [5, 5.41) is 12.3. The van der Waals surface area contributed by atoms with Crippen molar-refractivity contribution in [3.05, 3.63) is 41.6 Å². The van der Waals surface area contributed by atoms with Crippen LogP contribution >= 0.6 is 11.8 Å². The van der Waals surface area contributed by atoms with Gasteiger partial charge in [0, 0.05) is 18.7 Å². The van der Waals surface area contributed by atoms with Crippen molar-refractivity contribution in [1.29, 1.82) is 0 Å². The number of hydrogen-bond donors (Lipinski definition) is 2. The predicted molar refractivity (Wildman–Crippen MR) is 125 cm³/mol. The molecule has 0 bridgehead atoms. The summed E-state index contributed by atoms with van der Waals surface area (Å²) in [7, 11) is 1.32. The van der Waals surface area contributed by atoms with E-state index in [0.717, 1.165) is 29.1 Å². The summed E-state index contributed by atoms with van der Waals surface area (Å²) in [6, 6.07) is 6.33. The van der Waals surface area contributed by atoms with Gasteiger partial charge in [-0.25, -0.2) is 19.4 Å². The van der Waals surface area contributed by atoms with Crippen molar-refractivity contribution in [2.75, 3.05) is 31.3 Å². The largest absolute Gasteiger partial charge is 0.465 e. The summed E-state index contributed by atoms with van der Waals surface area (Å²) in [4.78, 5) is 33.2. The molecule has 3 rings (SSSR count). The molecule has 1 amide bonds. The third-order valence-electron chi connectivity index (χ3n) is 4.60. The van der Waals surface area contributed by atoms with Crippen LogP contribution < -0.4 is 10.6 Å². The van der Waals surface area contributed by atoms with Crippen molar-refractivity contribution in [2.24, 2.45) is 5.92 Å². The number of methoxy groups -OCH3 is 1. The molecule has 9 nitrogen and oxygen atoms in total. The minimum atomic E-state index is -0.438. The number of thioether (sulfide) groups is 1. The Hall–Kier alpha value is -3.14. The van der Waals surface area contributed by atoms with Gasteiger partial charge in [0.2, 0.25) is 0 Å². The number of nitrogens with one attached hydrogen (secondary N) is 2. The second kappa shape index (κ2) is 10.9. The Morgan fingerprint density at radius 2 is 1.88 bits per heavy atom. The topological polar surface area (TPSA) is 111 Å². The van der Waals surface area contributed by atoms with Gasteiger partial charge in [0.15, 0.2) is 10.8 Å². The van der Waals surface area contributed by atoms with Gasteiger partial charge in [0.25, 0.3) is 5.91 Å². The van der Waals surface area contributed by atoms with Crippen molar-refractivity contribution in [3.8, 4) is 0 Å². The zero-order chi connectivity index (χ0) is 23.1. The average Bonchev–Trinajstić information content (AvgIpc) is 3.20. The highest BCUT2D eigenvalue weighted by Gasteiger charge is 2.14. The van der Waals surface area contributed by atoms with Crippen molar-refractivity contribution in [3.63, 3.8) is 0 Å². The van der Waals surface area contributed by atoms with Crippen LogP contribution in [0, 0.1) is 5.92 Å². The fourth-order valence-electron chi connectivity index (χ4n) is 2.98. The SMILES string of the molecule is CCSc1nc(NCC(C)C)c2cnn(CCNC(=O)c3ccc(C(=O)OC)cc3)c2n1. The molecule has 32 heavy (non-hydrogen) atoms. The number of benzene rings is 1. The lowest BCUT2D eigenvalue weighted by atomic mass is 10.1. The molecule has 2 heterocycles. The van der Waals surface area contributed by atoms with E-state index in [1.807, 2.05) is 0 Å². The van der Waals surface area contributed by atoms with E-state index in [1.54, 1.807) is 46.9 Å². The monoisotopic (exact) mass is 456 g/mol. The number of ether oxygens (including phenoxy) is 1. The molecule has 0 aliphatic heterocycles. The van der Waals surface area contributed by atoms with E-state index in [1.165, 1.54) is 7.11 Å². The summed E-state index contributed by atoms with van der Waals surface area (Å²) in [5.74, 6) is 1.46. The van der Waals surface area contributed by atoms with Gasteiger partial charge >= 0.3 is 5.97 Å². The van der Waals surface area contributed by atoms with Gasteiger partial charge in [-0.1, -0.05) is 32.5 Å². The van der Waals surface area contributed by atoms with Crippen molar-refractivity contribution in [1.82, 2.24) is 25.1 Å². The van der Waals surface area contributed by atoms with Crippen LogP contribution in [0.1, 0.15) is 41.5 Å². The van der Waals surface area contributed by atoms with Crippen LogP contribution in [0.25, 0.3) is 11.0 Å². The Labute approximate surface area is 191 Å². The highest BCUT2D eigenvalue weighted by molar-refractivity contribution is 7.99. The van der Waals surface area contributed by atoms with E-state index >= 15 is 0 Å². The minimum absolute atomic E-state index is 0.228. The van der Waals surface area contributed by atoms with Crippen LogP contribution in [0.2, 0.25) is 0 Å². The number of hydrogen-bond acceptors (Lipinski definition) is 8. The molecule has 2 N–H and O–H groups in total. The first kappa shape index (κ1) is 23.5. The Kier molecular flexibility index (Phi) is 8.04. The van der Waals surface area contributed by atoms with Gasteiger partial charge in [-0.15, -0.1) is 0 Å². The molecule has 0 spiro atoms. The van der Waals surface area contributed by atoms with Crippen molar-refractivity contribution >= 4 is 40.5 Å². The lowest BCUT2D eigenvalue weighted by molar-refractivity contribution is 0.0600. The molecule has 0 radical (unpaired) electrons. The second-order valence-corrected chi connectivity index (χ2v) is 8.72. The molecule has 0 fully saturated rings. The molecule has 0 atom stereocenters. The number of anilines is 1. The smallest absolute Gasteiger partial charge is 0.337 e. The molecule has 0 saturated carbocycles. The van der Waals surface area contributed by atoms with Crippen LogP contribution in [-0.4, -0.2) is 57.6 Å². The van der Waals surface area contributed by atoms with Gasteiger partial charge in [-0.05, 0) is 35.9 Å². The molecule has 3 aromatic rings. The minimum Gasteiger partial charge on any atom is -0.465 e. The third-order valence-corrected chi connectivity index (χ3v) is 5.33. The summed E-state index contributed by atoms with van der Waals surface area (Å²) < 4.78 is 6.45. The van der Waals surface area contributed by atoms with Crippen molar-refractivity contribution in [2.45, 2.75) is 32.5 Å². The Morgan fingerprint density at radius 3 is 2.53 bits per heavy atom. The standard InChI is InChI=1S/C22H28N6O3S/c1-5-32-22-26-18(24-12-14(2)3)17-13-25-28(19(17)27-22)11-10-23-20(29)15-6-8-16(9-7-15)21(30)31-4/h6-9,13-14H,5,10-12H2,1-4H3,(H,23,29)(H,24,26,27).